The van der Waals surface area contributed by atoms with Gasteiger partial charge in [0.25, 0.3) is 0 Å². The Morgan fingerprint density at radius 2 is 2.21 bits per heavy atom. The van der Waals surface area contributed by atoms with E-state index in [-0.39, 0.29) is 6.04 Å². The summed E-state index contributed by atoms with van der Waals surface area (Å²) in [6.07, 6.45) is 2.96. The number of thiophene rings is 1. The second-order valence-electron chi connectivity index (χ2n) is 4.28. The average Bonchev–Trinajstić information content (AvgIpc) is 2.95. The highest BCUT2D eigenvalue weighted by Gasteiger charge is 2.21. The maximum absolute atomic E-state index is 4.46. The third kappa shape index (κ3) is 3.48. The van der Waals surface area contributed by atoms with Gasteiger partial charge in [0.2, 0.25) is 0 Å². The fourth-order valence-corrected chi connectivity index (χ4v) is 3.83. The summed E-state index contributed by atoms with van der Waals surface area (Å²) in [5, 5.41) is 10.2. The summed E-state index contributed by atoms with van der Waals surface area (Å²) in [6, 6.07) is 2.35. The van der Waals surface area contributed by atoms with Crippen molar-refractivity contribution in [1.29, 1.82) is 0 Å². The van der Waals surface area contributed by atoms with E-state index in [9.17, 15) is 0 Å². The van der Waals surface area contributed by atoms with Gasteiger partial charge in [-0.1, -0.05) is 13.8 Å². The largest absolute Gasteiger partial charge is 0.305 e. The molecule has 0 spiro atoms. The topological polar surface area (TPSA) is 29.9 Å². The molecule has 2 heterocycles. The molecule has 0 aromatic carbocycles. The van der Waals surface area contributed by atoms with Gasteiger partial charge in [-0.25, -0.2) is 0 Å². The highest BCUT2D eigenvalue weighted by Crippen LogP contribution is 2.32. The zero-order chi connectivity index (χ0) is 13.8. The van der Waals surface area contributed by atoms with Crippen molar-refractivity contribution in [2.45, 2.75) is 32.9 Å². The lowest BCUT2D eigenvalue weighted by Crippen LogP contribution is -2.25. The van der Waals surface area contributed by atoms with Crippen molar-refractivity contribution in [2.75, 3.05) is 6.54 Å². The fourth-order valence-electron chi connectivity index (χ4n) is 2.10. The summed E-state index contributed by atoms with van der Waals surface area (Å²) >= 11 is 8.88. The van der Waals surface area contributed by atoms with Gasteiger partial charge in [-0.15, -0.1) is 11.3 Å². The Bertz CT molecular complexity index is 536. The fraction of sp³-hybridized carbons (Fsp3) is 0.462. The Morgan fingerprint density at radius 3 is 2.79 bits per heavy atom. The van der Waals surface area contributed by atoms with Gasteiger partial charge in [-0.2, -0.15) is 5.10 Å². The van der Waals surface area contributed by atoms with Crippen LogP contribution in [0.25, 0.3) is 0 Å². The number of aryl methyl sites for hydroxylation is 1. The number of hydrogen-bond acceptors (Lipinski definition) is 3. The van der Waals surface area contributed by atoms with Crippen LogP contribution in [-0.2, 0) is 6.54 Å². The molecule has 1 unspecified atom stereocenters. The number of hydrogen-bond donors (Lipinski definition) is 1. The first-order valence-corrected chi connectivity index (χ1v) is 8.82. The lowest BCUT2D eigenvalue weighted by molar-refractivity contribution is 0.519. The van der Waals surface area contributed by atoms with Crippen molar-refractivity contribution in [2.24, 2.45) is 0 Å². The zero-order valence-corrected chi connectivity index (χ0v) is 15.0. The van der Waals surface area contributed by atoms with Gasteiger partial charge in [-0.3, -0.25) is 4.68 Å². The lowest BCUT2D eigenvalue weighted by Gasteiger charge is -2.19. The maximum atomic E-state index is 4.46. The van der Waals surface area contributed by atoms with E-state index in [2.05, 4.69) is 72.3 Å². The number of nitrogens with zero attached hydrogens (tertiary/aromatic N) is 2. The van der Waals surface area contributed by atoms with Crippen LogP contribution in [0.1, 0.15) is 37.6 Å². The van der Waals surface area contributed by atoms with Crippen molar-refractivity contribution < 1.29 is 0 Å². The number of aromatic nitrogens is 2. The molecule has 3 nitrogen and oxygen atoms in total. The molecule has 0 saturated heterocycles. The third-order valence-corrected chi connectivity index (χ3v) is 5.01. The predicted octanol–water partition coefficient (Wildman–Crippen LogP) is 4.58. The van der Waals surface area contributed by atoms with E-state index in [4.69, 9.17) is 0 Å². The second kappa shape index (κ2) is 7.02. The van der Waals surface area contributed by atoms with E-state index in [1.807, 2.05) is 6.20 Å². The van der Waals surface area contributed by atoms with E-state index in [0.717, 1.165) is 27.8 Å². The minimum absolute atomic E-state index is 0.177. The van der Waals surface area contributed by atoms with E-state index in [0.29, 0.717) is 0 Å². The first-order chi connectivity index (χ1) is 9.17. The molecule has 6 heteroatoms. The van der Waals surface area contributed by atoms with Crippen LogP contribution in [0.3, 0.4) is 0 Å². The Balaban J connectivity index is 2.41. The van der Waals surface area contributed by atoms with E-state index >= 15 is 0 Å². The van der Waals surface area contributed by atoms with E-state index in [1.54, 1.807) is 11.3 Å². The summed E-state index contributed by atoms with van der Waals surface area (Å²) in [4.78, 5) is 0. The van der Waals surface area contributed by atoms with Crippen LogP contribution in [0.5, 0.6) is 0 Å². The molecule has 104 valence electrons. The molecule has 0 bridgehead atoms. The first-order valence-electron chi connectivity index (χ1n) is 6.35. The summed E-state index contributed by atoms with van der Waals surface area (Å²) < 4.78 is 4.31. The summed E-state index contributed by atoms with van der Waals surface area (Å²) in [5.41, 5.74) is 2.48. The number of halogens is 2. The molecule has 1 N–H and O–H groups in total. The summed E-state index contributed by atoms with van der Waals surface area (Å²) in [5.74, 6) is 0. The monoisotopic (exact) mass is 405 g/mol. The third-order valence-electron chi connectivity index (χ3n) is 2.87. The van der Waals surface area contributed by atoms with Crippen molar-refractivity contribution >= 4 is 43.2 Å². The average molecular weight is 407 g/mol. The minimum Gasteiger partial charge on any atom is -0.305 e. The van der Waals surface area contributed by atoms with Crippen LogP contribution in [0.4, 0.5) is 0 Å². The Kier molecular flexibility index (Phi) is 5.62. The van der Waals surface area contributed by atoms with Gasteiger partial charge in [-0.05, 0) is 61.8 Å². The SMILES string of the molecule is CCCn1ncc(Br)c1C(NCC)c1csc(Br)c1. The van der Waals surface area contributed by atoms with E-state index < -0.39 is 0 Å². The summed E-state index contributed by atoms with van der Waals surface area (Å²) in [6.45, 7) is 6.15. The van der Waals surface area contributed by atoms with Gasteiger partial charge < -0.3 is 5.32 Å². The first kappa shape index (κ1) is 15.2. The molecular weight excluding hydrogens is 390 g/mol. The number of nitrogens with one attached hydrogen (secondary N) is 1. The van der Waals surface area contributed by atoms with Crippen LogP contribution in [0, 0.1) is 0 Å². The maximum Gasteiger partial charge on any atom is 0.0768 e. The predicted molar refractivity (Wildman–Crippen MR) is 87.8 cm³/mol. The van der Waals surface area contributed by atoms with Crippen LogP contribution < -0.4 is 5.32 Å². The van der Waals surface area contributed by atoms with Crippen LogP contribution >= 0.6 is 43.2 Å². The van der Waals surface area contributed by atoms with Gasteiger partial charge in [0.1, 0.15) is 0 Å². The van der Waals surface area contributed by atoms with Gasteiger partial charge >= 0.3 is 0 Å². The molecule has 1 atom stereocenters. The van der Waals surface area contributed by atoms with Crippen molar-refractivity contribution in [3.05, 3.63) is 37.2 Å². The van der Waals surface area contributed by atoms with Crippen LogP contribution in [0.2, 0.25) is 0 Å². The van der Waals surface area contributed by atoms with Crippen molar-refractivity contribution in [3.63, 3.8) is 0 Å². The molecule has 0 aliphatic carbocycles. The molecule has 2 aromatic rings. The molecule has 0 fully saturated rings. The molecule has 0 amide bonds. The molecule has 0 radical (unpaired) electrons. The molecule has 0 saturated carbocycles. The Hall–Kier alpha value is -0.170. The smallest absolute Gasteiger partial charge is 0.0768 e. The second-order valence-corrected chi connectivity index (χ2v) is 7.42. The summed E-state index contributed by atoms with van der Waals surface area (Å²) in [7, 11) is 0. The quantitative estimate of drug-likeness (QED) is 0.760. The standard InChI is InChI=1S/C13H17Br2N3S/c1-3-5-18-13(10(14)7-17-18)12(16-4-2)9-6-11(15)19-8-9/h6-8,12,16H,3-5H2,1-2H3. The normalized spacial score (nSPS) is 12.8. The van der Waals surface area contributed by atoms with Crippen molar-refractivity contribution in [1.82, 2.24) is 15.1 Å². The van der Waals surface area contributed by atoms with Gasteiger partial charge in [0, 0.05) is 6.54 Å². The number of rotatable bonds is 6. The zero-order valence-electron chi connectivity index (χ0n) is 11.0. The van der Waals surface area contributed by atoms with Crippen LogP contribution in [-0.4, -0.2) is 16.3 Å². The van der Waals surface area contributed by atoms with Gasteiger partial charge in [0.15, 0.2) is 0 Å². The van der Waals surface area contributed by atoms with Crippen molar-refractivity contribution in [3.8, 4) is 0 Å². The van der Waals surface area contributed by atoms with Crippen LogP contribution in [0.15, 0.2) is 25.9 Å². The highest BCUT2D eigenvalue weighted by atomic mass is 79.9. The molecule has 2 rings (SSSR count). The highest BCUT2D eigenvalue weighted by molar-refractivity contribution is 9.11. The molecule has 0 aliphatic rings. The lowest BCUT2D eigenvalue weighted by atomic mass is 10.1. The van der Waals surface area contributed by atoms with Gasteiger partial charge in [0.05, 0.1) is 26.2 Å². The molecule has 19 heavy (non-hydrogen) atoms. The Morgan fingerprint density at radius 1 is 1.42 bits per heavy atom. The van der Waals surface area contributed by atoms with E-state index in [1.165, 1.54) is 11.3 Å². The molecule has 0 aliphatic heterocycles. The molecular formula is C13H17Br2N3S. The molecule has 2 aromatic heterocycles. The Labute approximate surface area is 134 Å². The minimum atomic E-state index is 0.177.